The van der Waals surface area contributed by atoms with E-state index in [1.807, 2.05) is 0 Å². The van der Waals surface area contributed by atoms with E-state index in [0.29, 0.717) is 66.8 Å². The summed E-state index contributed by atoms with van der Waals surface area (Å²) in [5.74, 6) is 44.5. The zero-order valence-electron chi connectivity index (χ0n) is 55.1. The Morgan fingerprint density at radius 1 is 0.200 bits per heavy atom. The fourth-order valence-electron chi connectivity index (χ4n) is 11.5. The molecule has 0 spiro atoms. The van der Waals surface area contributed by atoms with Crippen molar-refractivity contribution in [2.24, 2.45) is 0 Å². The summed E-state index contributed by atoms with van der Waals surface area (Å²) in [5.41, 5.74) is 17.5. The summed E-state index contributed by atoms with van der Waals surface area (Å²) in [7, 11) is 0. The maximum Gasteiger partial charge on any atom is 0.0802 e. The van der Waals surface area contributed by atoms with E-state index >= 15 is 0 Å². The minimum Gasteiger partial charge on any atom is -0.116 e. The van der Waals surface area contributed by atoms with Gasteiger partial charge in [-0.1, -0.05) is 268 Å². The van der Waals surface area contributed by atoms with Crippen LogP contribution in [0.5, 0.6) is 0 Å². The van der Waals surface area contributed by atoms with Gasteiger partial charge in [0.15, 0.2) is 0 Å². The smallest absolute Gasteiger partial charge is 0.0802 e. The van der Waals surface area contributed by atoms with Crippen LogP contribution in [0, 0.1) is 71.0 Å². The number of fused-ring (bicyclic) bond motifs is 12. The standard InChI is InChI=1S/C84H78Cl6/c1-79(2,3)55-31-19-49-25-37-61-62(38-26-50-20-32-56(80(4,5)6)44-68(50)74(86)73(85)67(49)43-55)64-40-28-52-22-34-58(82(10,11)12)46-70(52)77(89)78(90)72-48-60(84(16,17)18)36-24-54(72)30-42-66(64)65-41-29-53-23-35-59(83(13,14)15)47-71(53)76(88)75(87)69-45-57(81(7,8)9)33-21-51(69)27-39-63(61)65/h19-24,31-36,43-48,73-78H,1-18H3. The molecule has 0 bridgehead atoms. The van der Waals surface area contributed by atoms with Gasteiger partial charge in [-0.15, -0.1) is 69.6 Å². The maximum atomic E-state index is 7.80. The SMILES string of the molecule is CC(C)(C)c1ccc2c(c1)C(Cl)C(Cl)c1cc(C(C)(C)C)ccc1C#Cc1c(c3c(c4c1C#Cc1ccc(C(C)(C)C)cc1C(Cl)C(Cl)c1cc(C(C)(C)C)ccc1C#C4)C#Cc1ccc(C(C)(C)C)cc1C(Cl)C(Cl)c1cc(C(C)(C)C)ccc1C#C3)C#C2. The Labute approximate surface area is 568 Å². The molecule has 6 heteroatoms. The summed E-state index contributed by atoms with van der Waals surface area (Å²) >= 11 is 46.8. The third-order valence-corrected chi connectivity index (χ3v) is 20.8. The molecule has 7 aromatic rings. The summed E-state index contributed by atoms with van der Waals surface area (Å²) < 4.78 is 0. The first-order valence-corrected chi connectivity index (χ1v) is 33.6. The number of alkyl halides is 6. The first-order chi connectivity index (χ1) is 41.9. The first-order valence-electron chi connectivity index (χ1n) is 31.0. The highest BCUT2D eigenvalue weighted by Crippen LogP contribution is 2.48. The van der Waals surface area contributed by atoms with Gasteiger partial charge < -0.3 is 0 Å². The Bertz CT molecular complexity index is 3740. The van der Waals surface area contributed by atoms with Gasteiger partial charge in [-0.2, -0.15) is 0 Å². The molecule has 0 saturated carbocycles. The number of halogens is 6. The van der Waals surface area contributed by atoms with Crippen molar-refractivity contribution < 1.29 is 0 Å². The predicted molar refractivity (Wildman–Crippen MR) is 385 cm³/mol. The zero-order chi connectivity index (χ0) is 65.5. The van der Waals surface area contributed by atoms with Gasteiger partial charge in [-0.3, -0.25) is 0 Å². The predicted octanol–water partition coefficient (Wildman–Crippen LogP) is 22.6. The van der Waals surface area contributed by atoms with E-state index in [4.69, 9.17) is 69.6 Å². The van der Waals surface area contributed by atoms with E-state index in [1.54, 1.807) is 0 Å². The summed E-state index contributed by atoms with van der Waals surface area (Å²) in [5, 5.41) is -4.26. The van der Waals surface area contributed by atoms with Crippen molar-refractivity contribution in [3.63, 3.8) is 0 Å². The Kier molecular flexibility index (Phi) is 18.2. The van der Waals surface area contributed by atoms with Crippen LogP contribution < -0.4 is 0 Å². The Morgan fingerprint density at radius 2 is 0.322 bits per heavy atom. The normalized spacial score (nSPS) is 18.7. The minimum atomic E-state index is -0.709. The van der Waals surface area contributed by atoms with Crippen LogP contribution in [0.2, 0.25) is 0 Å². The fourth-order valence-corrected chi connectivity index (χ4v) is 13.3. The molecule has 0 amide bonds. The van der Waals surface area contributed by atoms with Crippen LogP contribution in [0.1, 0.15) is 290 Å². The molecule has 0 radical (unpaired) electrons. The Morgan fingerprint density at radius 3 is 0.433 bits per heavy atom. The molecule has 7 aromatic carbocycles. The zero-order valence-corrected chi connectivity index (χ0v) is 59.7. The monoisotopic (exact) mass is 1300 g/mol. The van der Waals surface area contributed by atoms with Gasteiger partial charge in [0.25, 0.3) is 0 Å². The topological polar surface area (TPSA) is 0 Å². The molecule has 0 saturated heterocycles. The molecule has 0 aliphatic heterocycles. The van der Waals surface area contributed by atoms with Crippen molar-refractivity contribution >= 4 is 69.6 Å². The van der Waals surface area contributed by atoms with Crippen molar-refractivity contribution in [3.05, 3.63) is 243 Å². The van der Waals surface area contributed by atoms with Gasteiger partial charge >= 0.3 is 0 Å². The summed E-state index contributed by atoms with van der Waals surface area (Å²) in [6.07, 6.45) is 0. The second kappa shape index (κ2) is 24.6. The fraction of sp³-hybridized carbons (Fsp3) is 0.357. The van der Waals surface area contributed by atoms with E-state index in [9.17, 15) is 0 Å². The lowest BCUT2D eigenvalue weighted by Gasteiger charge is -2.26. The van der Waals surface area contributed by atoms with Crippen LogP contribution in [0.4, 0.5) is 0 Å². The largest absolute Gasteiger partial charge is 0.116 e. The van der Waals surface area contributed by atoms with Gasteiger partial charge in [0.1, 0.15) is 0 Å². The molecular formula is C84H78Cl6. The van der Waals surface area contributed by atoms with Crippen molar-refractivity contribution in [1.82, 2.24) is 0 Å². The molecule has 6 atom stereocenters. The quantitative estimate of drug-likeness (QED) is 0.105. The second-order valence-electron chi connectivity index (χ2n) is 30.5. The van der Waals surface area contributed by atoms with Crippen LogP contribution >= 0.6 is 69.6 Å². The van der Waals surface area contributed by atoms with Gasteiger partial charge in [-0.05, 0) is 136 Å². The van der Waals surface area contributed by atoms with Crippen molar-refractivity contribution in [1.29, 1.82) is 0 Å². The Balaban J connectivity index is 1.48. The van der Waals surface area contributed by atoms with Crippen molar-refractivity contribution in [3.8, 4) is 71.0 Å². The maximum absolute atomic E-state index is 7.80. The minimum absolute atomic E-state index is 0.219. The lowest BCUT2D eigenvalue weighted by Crippen LogP contribution is -2.15. The first kappa shape index (κ1) is 66.6. The lowest BCUT2D eigenvalue weighted by atomic mass is 9.81. The van der Waals surface area contributed by atoms with Crippen molar-refractivity contribution in [2.45, 2.75) is 189 Å². The summed E-state index contributed by atoms with van der Waals surface area (Å²) in [6.45, 7) is 39.5. The number of hydrogen-bond donors (Lipinski definition) is 0. The summed E-state index contributed by atoms with van der Waals surface area (Å²) in [6, 6.07) is 38.2. The molecule has 0 heterocycles. The molecule has 0 fully saturated rings. The molecule has 3 aliphatic carbocycles. The van der Waals surface area contributed by atoms with E-state index in [2.05, 4.69) is 305 Å². The third kappa shape index (κ3) is 13.6. The lowest BCUT2D eigenvalue weighted by molar-refractivity contribution is 0.587. The molecule has 0 nitrogen and oxygen atoms in total. The molecule has 0 N–H and O–H groups in total. The highest BCUT2D eigenvalue weighted by molar-refractivity contribution is 6.31. The van der Waals surface area contributed by atoms with Crippen LogP contribution in [0.15, 0.2) is 109 Å². The van der Waals surface area contributed by atoms with Gasteiger partial charge in [0.2, 0.25) is 0 Å². The highest BCUT2D eigenvalue weighted by Gasteiger charge is 2.34. The third-order valence-electron chi connectivity index (χ3n) is 17.5. The molecule has 0 aromatic heterocycles. The molecule has 10 rings (SSSR count). The van der Waals surface area contributed by atoms with E-state index in [-0.39, 0.29) is 32.5 Å². The molecule has 3 aliphatic rings. The average molecular weight is 1300 g/mol. The van der Waals surface area contributed by atoms with E-state index in [0.717, 1.165) is 66.8 Å². The highest BCUT2D eigenvalue weighted by atomic mass is 35.5. The van der Waals surface area contributed by atoms with Crippen LogP contribution in [-0.4, -0.2) is 0 Å². The van der Waals surface area contributed by atoms with Gasteiger partial charge in [-0.25, -0.2) is 0 Å². The van der Waals surface area contributed by atoms with Crippen molar-refractivity contribution in [2.75, 3.05) is 0 Å². The van der Waals surface area contributed by atoms with E-state index < -0.39 is 32.3 Å². The molecule has 6 unspecified atom stereocenters. The van der Waals surface area contributed by atoms with Gasteiger partial charge in [0, 0.05) is 33.4 Å². The van der Waals surface area contributed by atoms with E-state index in [1.165, 1.54) is 0 Å². The molecule has 90 heavy (non-hydrogen) atoms. The number of rotatable bonds is 0. The number of benzene rings is 7. The van der Waals surface area contributed by atoms with Gasteiger partial charge in [0.05, 0.1) is 65.6 Å². The van der Waals surface area contributed by atoms with Crippen LogP contribution in [0.3, 0.4) is 0 Å². The molecular weight excluding hydrogens is 1220 g/mol. The number of hydrogen-bond acceptors (Lipinski definition) is 0. The van der Waals surface area contributed by atoms with Crippen LogP contribution in [-0.2, 0) is 32.5 Å². The second-order valence-corrected chi connectivity index (χ2v) is 33.3. The summed E-state index contributed by atoms with van der Waals surface area (Å²) in [4.78, 5) is 0. The molecule has 456 valence electrons. The Hall–Kier alpha value is -6.36. The average Bonchev–Trinajstić information content (AvgIpc) is 0.797. The van der Waals surface area contributed by atoms with Crippen LogP contribution in [0.25, 0.3) is 0 Å².